The lowest BCUT2D eigenvalue weighted by atomic mass is 10.1. The van der Waals surface area contributed by atoms with Crippen molar-refractivity contribution in [3.05, 3.63) is 53.7 Å². The van der Waals surface area contributed by atoms with Crippen LogP contribution in [0, 0.1) is 0 Å². The maximum Gasteiger partial charge on any atom is 0.374 e. The first kappa shape index (κ1) is 20.6. The standard InChI is InChI=1S/C21H19N5O4S/c1-3-14-13(11-27)17-18(23-14)25-21(31-12-6-5-9-22-10-12)26-19(17)24-16-8-7-15(30-16)20(28)29-4-2/h5-11H,3-4H2,1-2H3,(H2,23,24,25,26). The van der Waals surface area contributed by atoms with E-state index in [-0.39, 0.29) is 18.3 Å². The Labute approximate surface area is 181 Å². The lowest BCUT2D eigenvalue weighted by molar-refractivity contribution is 0.0491. The van der Waals surface area contributed by atoms with E-state index >= 15 is 0 Å². The minimum atomic E-state index is -0.556. The van der Waals surface area contributed by atoms with E-state index in [4.69, 9.17) is 9.15 Å². The van der Waals surface area contributed by atoms with Crippen LogP contribution in [0.25, 0.3) is 11.0 Å². The Morgan fingerprint density at radius 2 is 2.16 bits per heavy atom. The zero-order valence-electron chi connectivity index (χ0n) is 16.8. The number of ether oxygens (including phenoxy) is 1. The van der Waals surface area contributed by atoms with Crippen molar-refractivity contribution in [2.45, 2.75) is 30.3 Å². The number of fused-ring (bicyclic) bond motifs is 1. The zero-order chi connectivity index (χ0) is 21.8. The van der Waals surface area contributed by atoms with Gasteiger partial charge in [-0.15, -0.1) is 0 Å². The van der Waals surface area contributed by atoms with Gasteiger partial charge in [-0.05, 0) is 43.3 Å². The second-order valence-corrected chi connectivity index (χ2v) is 7.41. The molecule has 0 aromatic carbocycles. The molecular formula is C21H19N5O4S. The molecule has 158 valence electrons. The number of rotatable bonds is 8. The van der Waals surface area contributed by atoms with E-state index in [1.165, 1.54) is 17.8 Å². The highest BCUT2D eigenvalue weighted by molar-refractivity contribution is 7.99. The zero-order valence-corrected chi connectivity index (χ0v) is 17.7. The van der Waals surface area contributed by atoms with Crippen LogP contribution in [0.4, 0.5) is 11.7 Å². The molecule has 0 saturated heterocycles. The molecule has 0 saturated carbocycles. The highest BCUT2D eigenvalue weighted by Crippen LogP contribution is 2.33. The van der Waals surface area contributed by atoms with Crippen LogP contribution in [-0.2, 0) is 11.2 Å². The average molecular weight is 437 g/mol. The molecule has 0 atom stereocenters. The fourth-order valence-corrected chi connectivity index (χ4v) is 3.78. The van der Waals surface area contributed by atoms with E-state index in [0.717, 1.165) is 16.9 Å². The van der Waals surface area contributed by atoms with Crippen LogP contribution in [0.1, 0.15) is 40.5 Å². The number of carbonyl (C=O) groups excluding carboxylic acids is 2. The van der Waals surface area contributed by atoms with Gasteiger partial charge in [0, 0.05) is 34.6 Å². The lowest BCUT2D eigenvalue weighted by Gasteiger charge is -2.07. The minimum absolute atomic E-state index is 0.0681. The molecule has 10 heteroatoms. The fraction of sp³-hybridized carbons (Fsp3) is 0.190. The number of nitrogens with one attached hydrogen (secondary N) is 2. The maximum absolute atomic E-state index is 11.9. The third kappa shape index (κ3) is 4.29. The van der Waals surface area contributed by atoms with Gasteiger partial charge in [-0.2, -0.15) is 0 Å². The molecule has 0 aliphatic carbocycles. The van der Waals surface area contributed by atoms with E-state index in [2.05, 4.69) is 25.3 Å². The largest absolute Gasteiger partial charge is 0.460 e. The number of anilines is 2. The number of nitrogens with zero attached hydrogens (tertiary/aromatic N) is 3. The SMILES string of the molecule is CCOC(=O)c1ccc(Nc2nc(Sc3cccnc3)nc3[nH]c(CC)c(C=O)c23)o1. The number of esters is 1. The number of aromatic nitrogens is 4. The van der Waals surface area contributed by atoms with Gasteiger partial charge in [0.1, 0.15) is 11.5 Å². The van der Waals surface area contributed by atoms with E-state index in [1.54, 1.807) is 25.4 Å². The van der Waals surface area contributed by atoms with Gasteiger partial charge in [0.25, 0.3) is 0 Å². The first-order valence-electron chi connectivity index (χ1n) is 9.62. The highest BCUT2D eigenvalue weighted by atomic mass is 32.2. The van der Waals surface area contributed by atoms with Gasteiger partial charge in [0.15, 0.2) is 17.3 Å². The molecule has 2 N–H and O–H groups in total. The molecule has 0 radical (unpaired) electrons. The van der Waals surface area contributed by atoms with Crippen molar-refractivity contribution >= 4 is 46.8 Å². The molecule has 0 unspecified atom stereocenters. The number of aldehydes is 1. The van der Waals surface area contributed by atoms with Crippen molar-refractivity contribution in [1.82, 2.24) is 19.9 Å². The summed E-state index contributed by atoms with van der Waals surface area (Å²) in [5.74, 6) is 0.189. The number of H-pyrrole nitrogens is 1. The van der Waals surface area contributed by atoms with Crippen LogP contribution in [-0.4, -0.2) is 38.8 Å². The number of aryl methyl sites for hydroxylation is 1. The van der Waals surface area contributed by atoms with Crippen molar-refractivity contribution < 1.29 is 18.7 Å². The molecule has 0 amide bonds. The van der Waals surface area contributed by atoms with Gasteiger partial charge in [-0.25, -0.2) is 14.8 Å². The van der Waals surface area contributed by atoms with Crippen molar-refractivity contribution in [3.8, 4) is 0 Å². The third-order valence-corrected chi connectivity index (χ3v) is 5.23. The van der Waals surface area contributed by atoms with Gasteiger partial charge in [0.05, 0.1) is 12.0 Å². The summed E-state index contributed by atoms with van der Waals surface area (Å²) in [7, 11) is 0. The second kappa shape index (κ2) is 9.00. The molecule has 4 rings (SSSR count). The van der Waals surface area contributed by atoms with E-state index < -0.39 is 5.97 Å². The summed E-state index contributed by atoms with van der Waals surface area (Å²) >= 11 is 1.34. The molecule has 0 fully saturated rings. The molecule has 4 aromatic rings. The Morgan fingerprint density at radius 3 is 2.87 bits per heavy atom. The van der Waals surface area contributed by atoms with Crippen LogP contribution >= 0.6 is 11.8 Å². The molecular weight excluding hydrogens is 418 g/mol. The van der Waals surface area contributed by atoms with E-state index in [9.17, 15) is 9.59 Å². The van der Waals surface area contributed by atoms with Gasteiger partial charge in [0.2, 0.25) is 5.76 Å². The summed E-state index contributed by atoms with van der Waals surface area (Å²) in [6.45, 7) is 3.91. The summed E-state index contributed by atoms with van der Waals surface area (Å²) < 4.78 is 10.5. The molecule has 31 heavy (non-hydrogen) atoms. The molecule has 0 aliphatic rings. The molecule has 0 aliphatic heterocycles. The quantitative estimate of drug-likeness (QED) is 0.235. The van der Waals surface area contributed by atoms with Gasteiger partial charge >= 0.3 is 5.97 Å². The Bertz CT molecular complexity index is 1240. The van der Waals surface area contributed by atoms with Crippen molar-refractivity contribution in [1.29, 1.82) is 0 Å². The molecule has 4 aromatic heterocycles. The van der Waals surface area contributed by atoms with Gasteiger partial charge in [-0.1, -0.05) is 6.92 Å². The number of aromatic amines is 1. The Kier molecular flexibility index (Phi) is 5.99. The van der Waals surface area contributed by atoms with Crippen LogP contribution in [0.2, 0.25) is 0 Å². The van der Waals surface area contributed by atoms with Crippen molar-refractivity contribution in [3.63, 3.8) is 0 Å². The predicted molar refractivity (Wildman–Crippen MR) is 115 cm³/mol. The Hall–Kier alpha value is -3.66. The van der Waals surface area contributed by atoms with Crippen LogP contribution in [0.5, 0.6) is 0 Å². The maximum atomic E-state index is 11.9. The summed E-state index contributed by atoms with van der Waals surface area (Å²) in [6, 6.07) is 6.84. The molecule has 0 bridgehead atoms. The smallest absolute Gasteiger partial charge is 0.374 e. The summed E-state index contributed by atoms with van der Waals surface area (Å²) in [6.07, 6.45) is 4.82. The lowest BCUT2D eigenvalue weighted by Crippen LogP contribution is -2.02. The Balaban J connectivity index is 1.76. The average Bonchev–Trinajstić information content (AvgIpc) is 3.39. The number of hydrogen-bond acceptors (Lipinski definition) is 9. The second-order valence-electron chi connectivity index (χ2n) is 6.37. The fourth-order valence-electron chi connectivity index (χ4n) is 3.04. The van der Waals surface area contributed by atoms with Gasteiger partial charge in [-0.3, -0.25) is 9.78 Å². The molecule has 9 nitrogen and oxygen atoms in total. The van der Waals surface area contributed by atoms with Crippen molar-refractivity contribution in [2.75, 3.05) is 11.9 Å². The first-order chi connectivity index (χ1) is 15.1. The highest BCUT2D eigenvalue weighted by Gasteiger charge is 2.20. The number of carbonyl (C=O) groups is 2. The summed E-state index contributed by atoms with van der Waals surface area (Å²) in [4.78, 5) is 41.0. The Morgan fingerprint density at radius 1 is 1.29 bits per heavy atom. The summed E-state index contributed by atoms with van der Waals surface area (Å²) in [5, 5.41) is 4.08. The number of hydrogen-bond donors (Lipinski definition) is 2. The van der Waals surface area contributed by atoms with Crippen LogP contribution < -0.4 is 5.32 Å². The predicted octanol–water partition coefficient (Wildman–Crippen LogP) is 4.39. The first-order valence-corrected chi connectivity index (χ1v) is 10.4. The molecule has 0 spiro atoms. The van der Waals surface area contributed by atoms with Crippen LogP contribution in [0.3, 0.4) is 0 Å². The minimum Gasteiger partial charge on any atom is -0.460 e. The molecule has 4 heterocycles. The monoisotopic (exact) mass is 437 g/mol. The third-order valence-electron chi connectivity index (χ3n) is 4.39. The normalized spacial score (nSPS) is 10.9. The van der Waals surface area contributed by atoms with E-state index in [1.807, 2.05) is 19.1 Å². The van der Waals surface area contributed by atoms with Gasteiger partial charge < -0.3 is 19.5 Å². The number of pyridine rings is 1. The van der Waals surface area contributed by atoms with Crippen LogP contribution in [0.15, 0.2) is 51.1 Å². The number of furan rings is 1. The van der Waals surface area contributed by atoms with E-state index in [0.29, 0.717) is 34.0 Å². The summed E-state index contributed by atoms with van der Waals surface area (Å²) in [5.41, 5.74) is 1.77. The van der Waals surface area contributed by atoms with Crippen molar-refractivity contribution in [2.24, 2.45) is 0 Å². The topological polar surface area (TPSA) is 123 Å².